The maximum Gasteiger partial charge on any atom is 0.270 e. The van der Waals surface area contributed by atoms with Gasteiger partial charge in [0.1, 0.15) is 5.82 Å². The molecule has 3 rings (SSSR count). The van der Waals surface area contributed by atoms with Gasteiger partial charge in [-0.1, -0.05) is 6.07 Å². The number of nitro benzene ring substituents is 1. The number of non-ortho nitro benzene ring substituents is 1. The molecule has 2 aromatic rings. The van der Waals surface area contributed by atoms with E-state index in [4.69, 9.17) is 4.74 Å². The minimum Gasteiger partial charge on any atom is -0.387 e. The summed E-state index contributed by atoms with van der Waals surface area (Å²) in [4.78, 5) is 29.5. The van der Waals surface area contributed by atoms with E-state index in [1.807, 2.05) is 12.1 Å². The van der Waals surface area contributed by atoms with Crippen LogP contribution in [0.4, 0.5) is 17.2 Å². The Morgan fingerprint density at radius 2 is 2.07 bits per heavy atom. The highest BCUT2D eigenvalue weighted by atomic mass is 16.6. The molecule has 0 saturated carbocycles. The SMILES string of the molecule is CNc1ccc([N+](=O)[O-])cc1C(=O)NCc1ccc(N2CCOCC2)nc1. The Bertz CT molecular complexity index is 819. The molecule has 1 amide bonds. The van der Waals surface area contributed by atoms with E-state index in [1.165, 1.54) is 18.2 Å². The number of carbonyl (C=O) groups excluding carboxylic acids is 1. The molecule has 0 unspecified atom stereocenters. The number of morpholine rings is 1. The Hall–Kier alpha value is -3.20. The molecular formula is C18H21N5O4. The molecule has 1 aromatic heterocycles. The Morgan fingerprint density at radius 1 is 1.30 bits per heavy atom. The summed E-state index contributed by atoms with van der Waals surface area (Å²) < 4.78 is 5.33. The van der Waals surface area contributed by atoms with Crippen LogP contribution >= 0.6 is 0 Å². The van der Waals surface area contributed by atoms with E-state index >= 15 is 0 Å². The minimum atomic E-state index is -0.523. The monoisotopic (exact) mass is 371 g/mol. The second-order valence-corrected chi connectivity index (χ2v) is 6.04. The number of aromatic nitrogens is 1. The van der Waals surface area contributed by atoms with Gasteiger partial charge in [0.2, 0.25) is 0 Å². The number of anilines is 2. The van der Waals surface area contributed by atoms with E-state index in [-0.39, 0.29) is 23.7 Å². The molecule has 27 heavy (non-hydrogen) atoms. The van der Waals surface area contributed by atoms with Crippen LogP contribution in [0.2, 0.25) is 0 Å². The van der Waals surface area contributed by atoms with Crippen LogP contribution < -0.4 is 15.5 Å². The summed E-state index contributed by atoms with van der Waals surface area (Å²) in [5.41, 5.74) is 1.47. The Labute approximate surface area is 156 Å². The van der Waals surface area contributed by atoms with Crippen molar-refractivity contribution in [3.05, 3.63) is 57.8 Å². The molecule has 0 radical (unpaired) electrons. The summed E-state index contributed by atoms with van der Waals surface area (Å²) in [5, 5.41) is 16.6. The van der Waals surface area contributed by atoms with Crippen LogP contribution in [-0.4, -0.2) is 49.2 Å². The van der Waals surface area contributed by atoms with E-state index in [9.17, 15) is 14.9 Å². The highest BCUT2D eigenvalue weighted by Gasteiger charge is 2.16. The number of pyridine rings is 1. The lowest BCUT2D eigenvalue weighted by atomic mass is 10.1. The van der Waals surface area contributed by atoms with E-state index in [2.05, 4.69) is 20.5 Å². The largest absolute Gasteiger partial charge is 0.387 e. The van der Waals surface area contributed by atoms with Gasteiger partial charge in [0.15, 0.2) is 0 Å². The zero-order chi connectivity index (χ0) is 19.2. The van der Waals surface area contributed by atoms with Gasteiger partial charge in [-0.05, 0) is 17.7 Å². The van der Waals surface area contributed by atoms with Crippen molar-refractivity contribution in [3.63, 3.8) is 0 Å². The highest BCUT2D eigenvalue weighted by molar-refractivity contribution is 6.00. The van der Waals surface area contributed by atoms with Crippen LogP contribution in [0.15, 0.2) is 36.5 Å². The lowest BCUT2D eigenvalue weighted by molar-refractivity contribution is -0.384. The van der Waals surface area contributed by atoms with Gasteiger partial charge in [0, 0.05) is 50.7 Å². The first-order chi connectivity index (χ1) is 13.1. The predicted octanol–water partition coefficient (Wildman–Crippen LogP) is 1.80. The van der Waals surface area contributed by atoms with Crippen molar-refractivity contribution in [3.8, 4) is 0 Å². The number of nitro groups is 1. The quantitative estimate of drug-likeness (QED) is 0.588. The van der Waals surface area contributed by atoms with Gasteiger partial charge in [0.05, 0.1) is 23.7 Å². The van der Waals surface area contributed by atoms with Crippen LogP contribution in [0.1, 0.15) is 15.9 Å². The van der Waals surface area contributed by atoms with E-state index in [0.29, 0.717) is 18.9 Å². The van der Waals surface area contributed by atoms with Gasteiger partial charge in [-0.25, -0.2) is 4.98 Å². The smallest absolute Gasteiger partial charge is 0.270 e. The molecule has 0 spiro atoms. The molecule has 1 fully saturated rings. The molecular weight excluding hydrogens is 350 g/mol. The summed E-state index contributed by atoms with van der Waals surface area (Å²) in [6.07, 6.45) is 1.72. The Kier molecular flexibility index (Phi) is 5.82. The van der Waals surface area contributed by atoms with Crippen LogP contribution in [0.25, 0.3) is 0 Å². The third-order valence-electron chi connectivity index (χ3n) is 4.33. The molecule has 9 nitrogen and oxygen atoms in total. The highest BCUT2D eigenvalue weighted by Crippen LogP contribution is 2.22. The van der Waals surface area contributed by atoms with Gasteiger partial charge in [-0.3, -0.25) is 14.9 Å². The zero-order valence-electron chi connectivity index (χ0n) is 15.0. The lowest BCUT2D eigenvalue weighted by Crippen LogP contribution is -2.36. The normalized spacial score (nSPS) is 13.9. The molecule has 142 valence electrons. The molecule has 2 heterocycles. The number of amides is 1. The number of hydrogen-bond acceptors (Lipinski definition) is 7. The second-order valence-electron chi connectivity index (χ2n) is 6.04. The van der Waals surface area contributed by atoms with Crippen molar-refractivity contribution in [2.24, 2.45) is 0 Å². The molecule has 9 heteroatoms. The van der Waals surface area contributed by atoms with E-state index in [1.54, 1.807) is 13.2 Å². The van der Waals surface area contributed by atoms with Gasteiger partial charge >= 0.3 is 0 Å². The maximum absolute atomic E-state index is 12.5. The van der Waals surface area contributed by atoms with Crippen LogP contribution in [0.5, 0.6) is 0 Å². The summed E-state index contributed by atoms with van der Waals surface area (Å²) in [7, 11) is 1.66. The number of carbonyl (C=O) groups is 1. The second kappa shape index (κ2) is 8.45. The molecule has 0 aliphatic carbocycles. The van der Waals surface area contributed by atoms with Gasteiger partial charge in [0.25, 0.3) is 11.6 Å². The van der Waals surface area contributed by atoms with Crippen molar-refractivity contribution < 1.29 is 14.5 Å². The Morgan fingerprint density at radius 3 is 2.70 bits per heavy atom. The topological polar surface area (TPSA) is 110 Å². The molecule has 1 saturated heterocycles. The summed E-state index contributed by atoms with van der Waals surface area (Å²) in [5.74, 6) is 0.491. The average molecular weight is 371 g/mol. The molecule has 1 aromatic carbocycles. The number of rotatable bonds is 6. The molecule has 0 bridgehead atoms. The number of hydrogen-bond donors (Lipinski definition) is 2. The first-order valence-electron chi connectivity index (χ1n) is 8.60. The van der Waals surface area contributed by atoms with Crippen LogP contribution in [0.3, 0.4) is 0 Å². The standard InChI is InChI=1S/C18H21N5O4/c1-19-16-4-3-14(23(25)26)10-15(16)18(24)21-12-13-2-5-17(20-11-13)22-6-8-27-9-7-22/h2-5,10-11,19H,6-9,12H2,1H3,(H,21,24). The van der Waals surface area contributed by atoms with Crippen molar-refractivity contribution >= 4 is 23.1 Å². The third kappa shape index (κ3) is 4.50. The first kappa shape index (κ1) is 18.6. The number of nitrogens with zero attached hydrogens (tertiary/aromatic N) is 3. The van der Waals surface area contributed by atoms with Crippen molar-refractivity contribution in [1.82, 2.24) is 10.3 Å². The zero-order valence-corrected chi connectivity index (χ0v) is 15.0. The molecule has 0 atom stereocenters. The Balaban J connectivity index is 1.65. The van der Waals surface area contributed by atoms with E-state index in [0.717, 1.165) is 24.5 Å². The molecule has 1 aliphatic rings. The maximum atomic E-state index is 12.5. The third-order valence-corrected chi connectivity index (χ3v) is 4.33. The lowest BCUT2D eigenvalue weighted by Gasteiger charge is -2.27. The molecule has 1 aliphatic heterocycles. The number of nitrogens with one attached hydrogen (secondary N) is 2. The fraction of sp³-hybridized carbons (Fsp3) is 0.333. The summed E-state index contributed by atoms with van der Waals surface area (Å²) >= 11 is 0. The summed E-state index contributed by atoms with van der Waals surface area (Å²) in [6, 6.07) is 7.97. The number of ether oxygens (including phenoxy) is 1. The van der Waals surface area contributed by atoms with E-state index < -0.39 is 4.92 Å². The van der Waals surface area contributed by atoms with Gasteiger partial charge < -0.3 is 20.3 Å². The average Bonchev–Trinajstić information content (AvgIpc) is 2.72. The number of benzene rings is 1. The predicted molar refractivity (Wildman–Crippen MR) is 101 cm³/mol. The fourth-order valence-electron chi connectivity index (χ4n) is 2.83. The summed E-state index contributed by atoms with van der Waals surface area (Å²) in [6.45, 7) is 3.28. The minimum absolute atomic E-state index is 0.129. The fourth-order valence-corrected chi connectivity index (χ4v) is 2.83. The molecule has 2 N–H and O–H groups in total. The van der Waals surface area contributed by atoms with Crippen molar-refractivity contribution in [1.29, 1.82) is 0 Å². The first-order valence-corrected chi connectivity index (χ1v) is 8.60. The van der Waals surface area contributed by atoms with Crippen LogP contribution in [0, 0.1) is 10.1 Å². The van der Waals surface area contributed by atoms with Crippen LogP contribution in [-0.2, 0) is 11.3 Å². The van der Waals surface area contributed by atoms with Gasteiger partial charge in [-0.2, -0.15) is 0 Å². The van der Waals surface area contributed by atoms with Crippen molar-refractivity contribution in [2.75, 3.05) is 43.6 Å². The van der Waals surface area contributed by atoms with Crippen molar-refractivity contribution in [2.45, 2.75) is 6.54 Å². The van der Waals surface area contributed by atoms with Gasteiger partial charge in [-0.15, -0.1) is 0 Å².